The van der Waals surface area contributed by atoms with Crippen molar-refractivity contribution in [3.05, 3.63) is 24.3 Å². The Balaban J connectivity index is 1.65. The number of amides is 3. The van der Waals surface area contributed by atoms with Crippen molar-refractivity contribution < 1.29 is 19.1 Å². The van der Waals surface area contributed by atoms with Crippen LogP contribution in [0.2, 0.25) is 0 Å². The number of urea groups is 1. The fraction of sp³-hybridized carbons (Fsp3) is 0.529. The van der Waals surface area contributed by atoms with E-state index in [9.17, 15) is 9.59 Å². The minimum Gasteiger partial charge on any atom is -0.497 e. The number of carbonyl (C=O) groups is 2. The summed E-state index contributed by atoms with van der Waals surface area (Å²) in [6.07, 6.45) is 1.20. The van der Waals surface area contributed by atoms with Gasteiger partial charge in [-0.2, -0.15) is 0 Å². The molecule has 1 aromatic carbocycles. The Kier molecular flexibility index (Phi) is 4.89. The number of fused-ring (bicyclic) bond motifs is 1. The van der Waals surface area contributed by atoms with Crippen LogP contribution < -0.4 is 10.1 Å². The first-order valence-corrected chi connectivity index (χ1v) is 8.14. The second-order valence-corrected chi connectivity index (χ2v) is 6.06. The molecule has 2 aliphatic rings. The zero-order chi connectivity index (χ0) is 17.1. The Hall–Kier alpha value is -2.28. The van der Waals surface area contributed by atoms with Crippen molar-refractivity contribution in [3.63, 3.8) is 0 Å². The van der Waals surface area contributed by atoms with Crippen molar-refractivity contribution in [2.45, 2.75) is 24.9 Å². The Bertz CT molecular complexity index is 622. The monoisotopic (exact) mass is 333 g/mol. The highest BCUT2D eigenvalue weighted by molar-refractivity contribution is 5.91. The van der Waals surface area contributed by atoms with Crippen LogP contribution in [0.5, 0.6) is 5.75 Å². The maximum Gasteiger partial charge on any atom is 0.322 e. The predicted molar refractivity (Wildman–Crippen MR) is 89.1 cm³/mol. The lowest BCUT2D eigenvalue weighted by atomic mass is 10.1. The smallest absolute Gasteiger partial charge is 0.322 e. The molecule has 2 atom stereocenters. The number of anilines is 1. The molecule has 2 aliphatic heterocycles. The molecule has 7 nitrogen and oxygen atoms in total. The van der Waals surface area contributed by atoms with E-state index in [0.717, 1.165) is 6.42 Å². The summed E-state index contributed by atoms with van der Waals surface area (Å²) in [4.78, 5) is 28.4. The summed E-state index contributed by atoms with van der Waals surface area (Å²) in [6, 6.07) is 7.12. The molecule has 24 heavy (non-hydrogen) atoms. The first-order valence-electron chi connectivity index (χ1n) is 8.14. The van der Waals surface area contributed by atoms with E-state index in [4.69, 9.17) is 9.47 Å². The molecule has 2 unspecified atom stereocenters. The SMILES string of the molecule is COCCN1C(=O)CC2C1CCN2C(=O)Nc1cccc(OC)c1. The van der Waals surface area contributed by atoms with E-state index in [-0.39, 0.29) is 24.0 Å². The zero-order valence-corrected chi connectivity index (χ0v) is 14.0. The van der Waals surface area contributed by atoms with Crippen LogP contribution in [-0.2, 0) is 9.53 Å². The maximum atomic E-state index is 12.6. The van der Waals surface area contributed by atoms with Crippen LogP contribution in [0.25, 0.3) is 0 Å². The summed E-state index contributed by atoms with van der Waals surface area (Å²) >= 11 is 0. The molecule has 0 radical (unpaired) electrons. The summed E-state index contributed by atoms with van der Waals surface area (Å²) in [7, 11) is 3.21. The van der Waals surface area contributed by atoms with E-state index in [0.29, 0.717) is 37.6 Å². The molecular formula is C17H23N3O4. The fourth-order valence-electron chi connectivity index (χ4n) is 3.56. The van der Waals surface area contributed by atoms with Gasteiger partial charge in [-0.25, -0.2) is 4.79 Å². The molecule has 130 valence electrons. The van der Waals surface area contributed by atoms with Gasteiger partial charge < -0.3 is 24.6 Å². The Labute approximate surface area is 141 Å². The highest BCUT2D eigenvalue weighted by Gasteiger charge is 2.48. The maximum absolute atomic E-state index is 12.6. The van der Waals surface area contributed by atoms with E-state index in [1.54, 1.807) is 25.2 Å². The second kappa shape index (κ2) is 7.09. The lowest BCUT2D eigenvalue weighted by Crippen LogP contribution is -2.42. The molecule has 0 bridgehead atoms. The highest BCUT2D eigenvalue weighted by Crippen LogP contribution is 2.32. The largest absolute Gasteiger partial charge is 0.497 e. The quantitative estimate of drug-likeness (QED) is 0.887. The van der Waals surface area contributed by atoms with Crippen LogP contribution in [0.4, 0.5) is 10.5 Å². The van der Waals surface area contributed by atoms with Gasteiger partial charge in [0.25, 0.3) is 0 Å². The number of nitrogens with one attached hydrogen (secondary N) is 1. The summed E-state index contributed by atoms with van der Waals surface area (Å²) in [6.45, 7) is 1.76. The summed E-state index contributed by atoms with van der Waals surface area (Å²) in [5, 5.41) is 2.90. The van der Waals surface area contributed by atoms with Gasteiger partial charge >= 0.3 is 6.03 Å². The van der Waals surface area contributed by atoms with Gasteiger partial charge in [0, 0.05) is 38.4 Å². The molecule has 2 fully saturated rings. The topological polar surface area (TPSA) is 71.1 Å². The Morgan fingerprint density at radius 2 is 2.17 bits per heavy atom. The molecular weight excluding hydrogens is 310 g/mol. The standard InChI is InChI=1S/C17H23N3O4/c1-23-9-8-19-14-6-7-20(15(14)11-16(19)21)17(22)18-12-4-3-5-13(10-12)24-2/h3-5,10,14-15H,6-9,11H2,1-2H3,(H,18,22). The lowest BCUT2D eigenvalue weighted by molar-refractivity contribution is -0.129. The summed E-state index contributed by atoms with van der Waals surface area (Å²) in [5.74, 6) is 0.787. The van der Waals surface area contributed by atoms with E-state index < -0.39 is 0 Å². The third-order valence-corrected chi connectivity index (χ3v) is 4.73. The molecule has 0 spiro atoms. The van der Waals surface area contributed by atoms with Crippen molar-refractivity contribution >= 4 is 17.6 Å². The zero-order valence-electron chi connectivity index (χ0n) is 14.0. The normalized spacial score (nSPS) is 22.7. The predicted octanol–water partition coefficient (Wildman–Crippen LogP) is 1.55. The number of hydrogen-bond donors (Lipinski definition) is 1. The number of nitrogens with zero attached hydrogens (tertiary/aromatic N) is 2. The number of ether oxygens (including phenoxy) is 2. The van der Waals surface area contributed by atoms with Gasteiger partial charge in [0.1, 0.15) is 5.75 Å². The van der Waals surface area contributed by atoms with Crippen molar-refractivity contribution in [1.29, 1.82) is 0 Å². The third-order valence-electron chi connectivity index (χ3n) is 4.73. The highest BCUT2D eigenvalue weighted by atomic mass is 16.5. The van der Waals surface area contributed by atoms with Crippen LogP contribution in [0, 0.1) is 0 Å². The molecule has 7 heteroatoms. The number of benzene rings is 1. The number of rotatable bonds is 5. The fourth-order valence-corrected chi connectivity index (χ4v) is 3.56. The summed E-state index contributed by atoms with van der Waals surface area (Å²) < 4.78 is 10.2. The van der Waals surface area contributed by atoms with Crippen molar-refractivity contribution in [1.82, 2.24) is 9.80 Å². The van der Waals surface area contributed by atoms with Gasteiger partial charge in [0.05, 0.1) is 25.8 Å². The van der Waals surface area contributed by atoms with Gasteiger partial charge in [-0.3, -0.25) is 4.79 Å². The molecule has 2 heterocycles. The van der Waals surface area contributed by atoms with Crippen molar-refractivity contribution in [3.8, 4) is 5.75 Å². The van der Waals surface area contributed by atoms with E-state index in [1.165, 1.54) is 0 Å². The van der Waals surface area contributed by atoms with E-state index in [2.05, 4.69) is 5.32 Å². The molecule has 1 N–H and O–H groups in total. The minimum absolute atomic E-state index is 0.0556. The minimum atomic E-state index is -0.169. The first kappa shape index (κ1) is 16.6. The molecule has 0 aliphatic carbocycles. The molecule has 3 amide bonds. The van der Waals surface area contributed by atoms with Gasteiger partial charge in [0.2, 0.25) is 5.91 Å². The molecule has 0 saturated carbocycles. The van der Waals surface area contributed by atoms with Crippen LogP contribution in [-0.4, -0.2) is 67.7 Å². The number of hydrogen-bond acceptors (Lipinski definition) is 4. The van der Waals surface area contributed by atoms with E-state index >= 15 is 0 Å². The average molecular weight is 333 g/mol. The molecule has 0 aromatic heterocycles. The number of likely N-dealkylation sites (tertiary alicyclic amines) is 2. The van der Waals surface area contributed by atoms with Gasteiger partial charge in [-0.05, 0) is 18.6 Å². The lowest BCUT2D eigenvalue weighted by Gasteiger charge is -2.25. The van der Waals surface area contributed by atoms with Gasteiger partial charge in [-0.1, -0.05) is 6.07 Å². The van der Waals surface area contributed by atoms with Crippen molar-refractivity contribution in [2.24, 2.45) is 0 Å². The Morgan fingerprint density at radius 3 is 2.92 bits per heavy atom. The van der Waals surface area contributed by atoms with Crippen LogP contribution in [0.1, 0.15) is 12.8 Å². The number of methoxy groups -OCH3 is 2. The van der Waals surface area contributed by atoms with Crippen LogP contribution >= 0.6 is 0 Å². The summed E-state index contributed by atoms with van der Waals surface area (Å²) in [5.41, 5.74) is 0.684. The van der Waals surface area contributed by atoms with Crippen LogP contribution in [0.3, 0.4) is 0 Å². The Morgan fingerprint density at radius 1 is 1.33 bits per heavy atom. The molecule has 3 rings (SSSR count). The average Bonchev–Trinajstić information content (AvgIpc) is 3.11. The van der Waals surface area contributed by atoms with E-state index in [1.807, 2.05) is 23.1 Å². The first-order chi connectivity index (χ1) is 11.6. The van der Waals surface area contributed by atoms with Crippen molar-refractivity contribution in [2.75, 3.05) is 39.2 Å². The molecule has 1 aromatic rings. The van der Waals surface area contributed by atoms with Crippen LogP contribution in [0.15, 0.2) is 24.3 Å². The van der Waals surface area contributed by atoms with Gasteiger partial charge in [-0.15, -0.1) is 0 Å². The number of carbonyl (C=O) groups excluding carboxylic acids is 2. The third kappa shape index (κ3) is 3.17. The van der Waals surface area contributed by atoms with Gasteiger partial charge in [0.15, 0.2) is 0 Å². The second-order valence-electron chi connectivity index (χ2n) is 6.06. The molecule has 2 saturated heterocycles.